The highest BCUT2D eigenvalue weighted by molar-refractivity contribution is 5.85. The highest BCUT2D eigenvalue weighted by atomic mass is 35.5. The number of aromatic nitrogens is 3. The summed E-state index contributed by atoms with van der Waals surface area (Å²) >= 11 is 0. The first-order chi connectivity index (χ1) is 12.7. The van der Waals surface area contributed by atoms with Crippen molar-refractivity contribution in [3.63, 3.8) is 0 Å². The van der Waals surface area contributed by atoms with Crippen molar-refractivity contribution in [3.8, 4) is 0 Å². The fraction of sp³-hybridized carbons (Fsp3) is 0.263. The molecule has 1 aliphatic rings. The topological polar surface area (TPSA) is 80.1 Å². The van der Waals surface area contributed by atoms with Crippen molar-refractivity contribution in [2.45, 2.75) is 12.6 Å². The van der Waals surface area contributed by atoms with Gasteiger partial charge in [0.05, 0.1) is 17.8 Å². The van der Waals surface area contributed by atoms with E-state index in [1.165, 1.54) is 6.20 Å². The third-order valence-corrected chi connectivity index (χ3v) is 4.68. The van der Waals surface area contributed by atoms with Gasteiger partial charge in [0, 0.05) is 37.4 Å². The van der Waals surface area contributed by atoms with Gasteiger partial charge in [0.25, 0.3) is 0 Å². The first-order valence-corrected chi connectivity index (χ1v) is 8.59. The lowest BCUT2D eigenvalue weighted by molar-refractivity contribution is -0.135. The minimum Gasteiger partial charge on any atom is -0.331 e. The molecule has 2 aromatic heterocycles. The summed E-state index contributed by atoms with van der Waals surface area (Å²) in [5.74, 6) is -0.0262. The van der Waals surface area contributed by atoms with Gasteiger partial charge in [-0.3, -0.25) is 19.3 Å². The number of halogens is 1. The Morgan fingerprint density at radius 1 is 1.19 bits per heavy atom. The molecule has 0 aliphatic carbocycles. The van der Waals surface area contributed by atoms with E-state index in [0.29, 0.717) is 24.0 Å². The van der Waals surface area contributed by atoms with Crippen LogP contribution in [-0.2, 0) is 11.3 Å². The van der Waals surface area contributed by atoms with Crippen molar-refractivity contribution in [2.75, 3.05) is 19.6 Å². The molecule has 1 aromatic carbocycles. The van der Waals surface area contributed by atoms with E-state index < -0.39 is 0 Å². The lowest BCUT2D eigenvalue weighted by atomic mass is 10.1. The number of para-hydroxylation sites is 1. The predicted molar refractivity (Wildman–Crippen MR) is 105 cm³/mol. The van der Waals surface area contributed by atoms with Gasteiger partial charge in [0.2, 0.25) is 11.3 Å². The fourth-order valence-electron chi connectivity index (χ4n) is 3.38. The second kappa shape index (κ2) is 8.28. The van der Waals surface area contributed by atoms with Crippen molar-refractivity contribution in [1.29, 1.82) is 0 Å². The van der Waals surface area contributed by atoms with E-state index in [1.54, 1.807) is 23.1 Å². The van der Waals surface area contributed by atoms with Gasteiger partial charge in [-0.1, -0.05) is 18.2 Å². The SMILES string of the molecule is Cl.O=C(Cn1ncc(=O)c2ccccc21)N1CCNCC1c1cccnc1. The van der Waals surface area contributed by atoms with E-state index in [9.17, 15) is 9.59 Å². The van der Waals surface area contributed by atoms with Gasteiger partial charge in [-0.25, -0.2) is 0 Å². The number of amides is 1. The van der Waals surface area contributed by atoms with Crippen LogP contribution in [0.2, 0.25) is 0 Å². The lowest BCUT2D eigenvalue weighted by Gasteiger charge is -2.36. The zero-order chi connectivity index (χ0) is 17.9. The van der Waals surface area contributed by atoms with Crippen LogP contribution in [-0.4, -0.2) is 45.2 Å². The summed E-state index contributed by atoms with van der Waals surface area (Å²) in [7, 11) is 0. The molecule has 1 unspecified atom stereocenters. The molecule has 1 aliphatic heterocycles. The van der Waals surface area contributed by atoms with Crippen molar-refractivity contribution in [1.82, 2.24) is 25.0 Å². The molecule has 0 bridgehead atoms. The van der Waals surface area contributed by atoms with Gasteiger partial charge in [-0.15, -0.1) is 12.4 Å². The van der Waals surface area contributed by atoms with Crippen molar-refractivity contribution >= 4 is 29.2 Å². The highest BCUT2D eigenvalue weighted by Gasteiger charge is 2.28. The van der Waals surface area contributed by atoms with E-state index in [-0.39, 0.29) is 36.3 Å². The quantitative estimate of drug-likeness (QED) is 0.737. The number of rotatable bonds is 3. The number of carbonyl (C=O) groups is 1. The van der Waals surface area contributed by atoms with Crippen LogP contribution in [0.25, 0.3) is 10.9 Å². The molecule has 3 heterocycles. The smallest absolute Gasteiger partial charge is 0.244 e. The van der Waals surface area contributed by atoms with E-state index in [2.05, 4.69) is 15.4 Å². The Bertz CT molecular complexity index is 992. The molecule has 3 aromatic rings. The van der Waals surface area contributed by atoms with Crippen LogP contribution in [0.4, 0.5) is 0 Å². The standard InChI is InChI=1S/C19H19N5O2.ClH/c25-18-12-22-24(16-6-2-1-5-15(16)18)13-19(26)23-9-8-21-11-17(23)14-4-3-7-20-10-14;/h1-7,10,12,17,21H,8-9,11,13H2;1H. The number of benzene rings is 1. The van der Waals surface area contributed by atoms with E-state index in [0.717, 1.165) is 12.1 Å². The summed E-state index contributed by atoms with van der Waals surface area (Å²) in [6, 6.07) is 11.0. The summed E-state index contributed by atoms with van der Waals surface area (Å²) in [5, 5.41) is 8.07. The maximum absolute atomic E-state index is 13.0. The third-order valence-electron chi connectivity index (χ3n) is 4.68. The van der Waals surface area contributed by atoms with E-state index >= 15 is 0 Å². The van der Waals surface area contributed by atoms with Gasteiger partial charge < -0.3 is 10.2 Å². The molecular formula is C19H20ClN5O2. The second-order valence-corrected chi connectivity index (χ2v) is 6.28. The van der Waals surface area contributed by atoms with Gasteiger partial charge in [0.15, 0.2) is 0 Å². The van der Waals surface area contributed by atoms with E-state index in [1.807, 2.05) is 35.2 Å². The monoisotopic (exact) mass is 385 g/mol. The number of hydrogen-bond donors (Lipinski definition) is 1. The van der Waals surface area contributed by atoms with Crippen LogP contribution in [0, 0.1) is 0 Å². The number of pyridine rings is 1. The zero-order valence-electron chi connectivity index (χ0n) is 14.6. The number of carbonyl (C=O) groups excluding carboxylic acids is 1. The molecule has 7 nitrogen and oxygen atoms in total. The summed E-state index contributed by atoms with van der Waals surface area (Å²) in [6.45, 7) is 2.16. The number of nitrogens with zero attached hydrogens (tertiary/aromatic N) is 4. The largest absolute Gasteiger partial charge is 0.331 e. The number of nitrogens with one attached hydrogen (secondary N) is 1. The summed E-state index contributed by atoms with van der Waals surface area (Å²) in [5.41, 5.74) is 1.53. The Kier molecular flexibility index (Phi) is 5.83. The summed E-state index contributed by atoms with van der Waals surface area (Å²) < 4.78 is 1.60. The maximum Gasteiger partial charge on any atom is 0.244 e. The number of piperazine rings is 1. The minimum atomic E-state index is -0.139. The zero-order valence-corrected chi connectivity index (χ0v) is 15.4. The first-order valence-electron chi connectivity index (χ1n) is 8.59. The van der Waals surface area contributed by atoms with Crippen LogP contribution in [0.3, 0.4) is 0 Å². The summed E-state index contributed by atoms with van der Waals surface area (Å²) in [6.07, 6.45) is 4.79. The Balaban J connectivity index is 0.00000210. The van der Waals surface area contributed by atoms with Crippen LogP contribution in [0.5, 0.6) is 0 Å². The van der Waals surface area contributed by atoms with Gasteiger partial charge >= 0.3 is 0 Å². The van der Waals surface area contributed by atoms with Crippen LogP contribution in [0.1, 0.15) is 11.6 Å². The third kappa shape index (κ3) is 3.84. The van der Waals surface area contributed by atoms with Gasteiger partial charge in [-0.05, 0) is 23.8 Å². The molecule has 140 valence electrons. The molecule has 27 heavy (non-hydrogen) atoms. The van der Waals surface area contributed by atoms with Crippen molar-refractivity contribution < 1.29 is 4.79 Å². The van der Waals surface area contributed by atoms with Crippen LogP contribution >= 0.6 is 12.4 Å². The molecule has 1 fully saturated rings. The Morgan fingerprint density at radius 2 is 2.04 bits per heavy atom. The lowest BCUT2D eigenvalue weighted by Crippen LogP contribution is -2.49. The number of fused-ring (bicyclic) bond motifs is 1. The molecule has 1 atom stereocenters. The fourth-order valence-corrected chi connectivity index (χ4v) is 3.38. The minimum absolute atomic E-state index is 0. The molecule has 0 radical (unpaired) electrons. The first kappa shape index (κ1) is 19.0. The normalized spacial score (nSPS) is 16.7. The van der Waals surface area contributed by atoms with Crippen molar-refractivity contribution in [2.24, 2.45) is 0 Å². The number of hydrogen-bond acceptors (Lipinski definition) is 5. The molecular weight excluding hydrogens is 366 g/mol. The average Bonchev–Trinajstić information content (AvgIpc) is 2.71. The van der Waals surface area contributed by atoms with Gasteiger partial charge in [-0.2, -0.15) is 5.10 Å². The maximum atomic E-state index is 13.0. The summed E-state index contributed by atoms with van der Waals surface area (Å²) in [4.78, 5) is 31.0. The van der Waals surface area contributed by atoms with Gasteiger partial charge in [0.1, 0.15) is 6.54 Å². The molecule has 4 rings (SSSR count). The Morgan fingerprint density at radius 3 is 2.85 bits per heavy atom. The van der Waals surface area contributed by atoms with Crippen molar-refractivity contribution in [3.05, 3.63) is 70.8 Å². The second-order valence-electron chi connectivity index (χ2n) is 6.28. The molecule has 1 N–H and O–H groups in total. The van der Waals surface area contributed by atoms with Crippen LogP contribution in [0.15, 0.2) is 59.8 Å². The average molecular weight is 386 g/mol. The molecule has 8 heteroatoms. The molecule has 0 spiro atoms. The highest BCUT2D eigenvalue weighted by Crippen LogP contribution is 2.22. The van der Waals surface area contributed by atoms with Crippen LogP contribution < -0.4 is 10.7 Å². The Labute approximate surface area is 162 Å². The predicted octanol–water partition coefficient (Wildman–Crippen LogP) is 1.39. The Hall–Kier alpha value is -2.77. The molecule has 1 amide bonds. The molecule has 1 saturated heterocycles. The molecule has 0 saturated carbocycles. The van der Waals surface area contributed by atoms with E-state index in [4.69, 9.17) is 0 Å².